The van der Waals surface area contributed by atoms with E-state index in [1.54, 1.807) is 6.33 Å². The topological polar surface area (TPSA) is 66.8 Å². The summed E-state index contributed by atoms with van der Waals surface area (Å²) in [5, 5.41) is 4.31. The van der Waals surface area contributed by atoms with Crippen molar-refractivity contribution in [2.45, 2.75) is 31.2 Å². The lowest BCUT2D eigenvalue weighted by atomic mass is 9.87. The zero-order valence-corrected chi connectivity index (χ0v) is 16.9. The molecule has 3 heterocycles. The monoisotopic (exact) mass is 397 g/mol. The Balaban J connectivity index is 1.32. The molecule has 2 aromatic heterocycles. The van der Waals surface area contributed by atoms with E-state index in [1.807, 2.05) is 36.1 Å². The summed E-state index contributed by atoms with van der Waals surface area (Å²) in [6, 6.07) is 12.7. The fourth-order valence-corrected chi connectivity index (χ4v) is 5.26. The van der Waals surface area contributed by atoms with Crippen molar-refractivity contribution in [3.8, 4) is 11.1 Å². The molecule has 0 unspecified atom stereocenters. The van der Waals surface area contributed by atoms with Crippen LogP contribution in [-0.2, 0) is 13.5 Å². The summed E-state index contributed by atoms with van der Waals surface area (Å²) in [6.07, 6.45) is 8.74. The molecule has 0 bridgehead atoms. The van der Waals surface area contributed by atoms with Gasteiger partial charge < -0.3 is 9.88 Å². The van der Waals surface area contributed by atoms with Crippen LogP contribution in [0.5, 0.6) is 0 Å². The molecular weight excluding hydrogens is 374 g/mol. The zero-order valence-electron chi connectivity index (χ0n) is 16.9. The van der Waals surface area contributed by atoms with E-state index in [0.29, 0.717) is 5.92 Å². The van der Waals surface area contributed by atoms with Gasteiger partial charge in [0, 0.05) is 42.9 Å². The first kappa shape index (κ1) is 17.4. The Morgan fingerprint density at radius 3 is 2.97 bits per heavy atom. The van der Waals surface area contributed by atoms with Crippen molar-refractivity contribution in [3.63, 3.8) is 0 Å². The van der Waals surface area contributed by atoms with Gasteiger partial charge in [0.15, 0.2) is 0 Å². The lowest BCUT2D eigenvalue weighted by Gasteiger charge is -2.38. The van der Waals surface area contributed by atoms with Gasteiger partial charge in [0.2, 0.25) is 0 Å². The SMILES string of the molecule is Cn1cc(-c2ccc3c(c2)[C@@H]2CCCN(C(=O)c4ccc5[nH]cnc5c4)[C@@H]2C3)cn1. The van der Waals surface area contributed by atoms with Crippen molar-refractivity contribution in [3.05, 3.63) is 71.8 Å². The summed E-state index contributed by atoms with van der Waals surface area (Å²) in [5.74, 6) is 0.526. The van der Waals surface area contributed by atoms with Crippen LogP contribution >= 0.6 is 0 Å². The molecule has 2 aliphatic rings. The van der Waals surface area contributed by atoms with Crippen molar-refractivity contribution < 1.29 is 4.79 Å². The summed E-state index contributed by atoms with van der Waals surface area (Å²) in [4.78, 5) is 22.9. The standard InChI is InChI=1S/C24H23N5O/c1-28-13-18(12-27-28)15-4-5-16-11-23-19(20(16)9-15)3-2-8-29(23)24(30)17-6-7-21-22(10-17)26-14-25-21/h4-7,9-10,12-14,19,23H,2-3,8,11H2,1H3,(H,25,26)/t19-,23+/m0/s1. The highest BCUT2D eigenvalue weighted by molar-refractivity contribution is 5.97. The molecule has 1 saturated heterocycles. The van der Waals surface area contributed by atoms with Gasteiger partial charge in [-0.2, -0.15) is 5.10 Å². The largest absolute Gasteiger partial charge is 0.345 e. The third kappa shape index (κ3) is 2.67. The van der Waals surface area contributed by atoms with Crippen molar-refractivity contribution in [2.24, 2.45) is 7.05 Å². The fraction of sp³-hybridized carbons (Fsp3) is 0.292. The maximum Gasteiger partial charge on any atom is 0.254 e. The van der Waals surface area contributed by atoms with Gasteiger partial charge in [0.1, 0.15) is 0 Å². The average Bonchev–Trinajstić information content (AvgIpc) is 3.49. The second-order valence-corrected chi connectivity index (χ2v) is 8.47. The first-order chi connectivity index (χ1) is 14.7. The molecule has 6 heteroatoms. The van der Waals surface area contributed by atoms with Crippen LogP contribution in [0.2, 0.25) is 0 Å². The van der Waals surface area contributed by atoms with E-state index in [2.05, 4.69) is 44.4 Å². The number of hydrogen-bond donors (Lipinski definition) is 1. The van der Waals surface area contributed by atoms with E-state index in [-0.39, 0.29) is 11.9 Å². The highest BCUT2D eigenvalue weighted by Gasteiger charge is 2.41. The van der Waals surface area contributed by atoms with Crippen LogP contribution < -0.4 is 0 Å². The lowest BCUT2D eigenvalue weighted by molar-refractivity contribution is 0.0595. The molecule has 30 heavy (non-hydrogen) atoms. The number of aryl methyl sites for hydroxylation is 1. The summed E-state index contributed by atoms with van der Waals surface area (Å²) in [6.45, 7) is 0.821. The minimum Gasteiger partial charge on any atom is -0.345 e. The number of nitrogens with zero attached hydrogens (tertiary/aromatic N) is 4. The van der Waals surface area contributed by atoms with Crippen LogP contribution in [-0.4, -0.2) is 43.1 Å². The number of H-pyrrole nitrogens is 1. The molecule has 6 nitrogen and oxygen atoms in total. The van der Waals surface area contributed by atoms with Crippen molar-refractivity contribution in [1.82, 2.24) is 24.6 Å². The Morgan fingerprint density at radius 2 is 2.10 bits per heavy atom. The third-order valence-corrected chi connectivity index (χ3v) is 6.72. The zero-order chi connectivity index (χ0) is 20.2. The number of benzene rings is 2. The molecule has 1 aliphatic heterocycles. The lowest BCUT2D eigenvalue weighted by Crippen LogP contribution is -2.46. The Kier molecular flexibility index (Phi) is 3.81. The molecule has 2 atom stereocenters. The first-order valence-corrected chi connectivity index (χ1v) is 10.5. The average molecular weight is 397 g/mol. The molecule has 6 rings (SSSR count). The van der Waals surface area contributed by atoms with Gasteiger partial charge >= 0.3 is 0 Å². The summed E-state index contributed by atoms with van der Waals surface area (Å²) in [5.41, 5.74) is 7.64. The van der Waals surface area contributed by atoms with Gasteiger partial charge in [0.05, 0.1) is 23.6 Å². The number of aromatic amines is 1. The predicted molar refractivity (Wildman–Crippen MR) is 115 cm³/mol. The maximum atomic E-state index is 13.4. The molecule has 0 saturated carbocycles. The van der Waals surface area contributed by atoms with E-state index in [1.165, 1.54) is 16.7 Å². The van der Waals surface area contributed by atoms with Gasteiger partial charge in [-0.1, -0.05) is 18.2 Å². The second kappa shape index (κ2) is 6.55. The second-order valence-electron chi connectivity index (χ2n) is 8.47. The van der Waals surface area contributed by atoms with Crippen LogP contribution in [0.4, 0.5) is 0 Å². The van der Waals surface area contributed by atoms with Crippen LogP contribution in [0, 0.1) is 0 Å². The van der Waals surface area contributed by atoms with Gasteiger partial charge in [-0.05, 0) is 54.2 Å². The summed E-state index contributed by atoms with van der Waals surface area (Å²) in [7, 11) is 1.94. The number of carbonyl (C=O) groups is 1. The number of aromatic nitrogens is 4. The Hall–Kier alpha value is -3.41. The van der Waals surface area contributed by atoms with E-state index in [9.17, 15) is 4.79 Å². The molecule has 0 radical (unpaired) electrons. The number of imidazole rings is 1. The molecule has 2 aromatic carbocycles. The normalized spacial score (nSPS) is 20.4. The summed E-state index contributed by atoms with van der Waals surface area (Å²) < 4.78 is 1.84. The first-order valence-electron chi connectivity index (χ1n) is 10.5. The number of fused-ring (bicyclic) bond motifs is 4. The number of hydrogen-bond acceptors (Lipinski definition) is 3. The minimum atomic E-state index is 0.120. The Morgan fingerprint density at radius 1 is 1.17 bits per heavy atom. The molecular formula is C24H23N5O. The number of carbonyl (C=O) groups excluding carboxylic acids is 1. The van der Waals surface area contributed by atoms with Crippen LogP contribution in [0.3, 0.4) is 0 Å². The van der Waals surface area contributed by atoms with Crippen LogP contribution in [0.1, 0.15) is 40.2 Å². The van der Waals surface area contributed by atoms with Crippen molar-refractivity contribution >= 4 is 16.9 Å². The predicted octanol–water partition coefficient (Wildman–Crippen LogP) is 3.91. The van der Waals surface area contributed by atoms with Gasteiger partial charge in [-0.3, -0.25) is 9.48 Å². The number of nitrogens with one attached hydrogen (secondary N) is 1. The van der Waals surface area contributed by atoms with Gasteiger partial charge in [-0.15, -0.1) is 0 Å². The number of likely N-dealkylation sites (tertiary alicyclic amines) is 1. The van der Waals surface area contributed by atoms with E-state index in [0.717, 1.165) is 48.0 Å². The van der Waals surface area contributed by atoms with Crippen LogP contribution in [0.15, 0.2) is 55.1 Å². The number of rotatable bonds is 2. The van der Waals surface area contributed by atoms with Gasteiger partial charge in [-0.25, -0.2) is 4.98 Å². The van der Waals surface area contributed by atoms with Crippen molar-refractivity contribution in [1.29, 1.82) is 0 Å². The minimum absolute atomic E-state index is 0.120. The number of amides is 1. The molecule has 1 aliphatic carbocycles. The Bertz CT molecular complexity index is 1270. The van der Waals surface area contributed by atoms with Gasteiger partial charge in [0.25, 0.3) is 5.91 Å². The van der Waals surface area contributed by atoms with E-state index in [4.69, 9.17) is 0 Å². The van der Waals surface area contributed by atoms with E-state index >= 15 is 0 Å². The molecule has 0 spiro atoms. The smallest absolute Gasteiger partial charge is 0.254 e. The maximum absolute atomic E-state index is 13.4. The van der Waals surface area contributed by atoms with E-state index < -0.39 is 0 Å². The summed E-state index contributed by atoms with van der Waals surface area (Å²) >= 11 is 0. The highest BCUT2D eigenvalue weighted by atomic mass is 16.2. The molecule has 1 fully saturated rings. The highest BCUT2D eigenvalue weighted by Crippen LogP contribution is 2.44. The van der Waals surface area contributed by atoms with Crippen LogP contribution in [0.25, 0.3) is 22.2 Å². The third-order valence-electron chi connectivity index (χ3n) is 6.72. The molecule has 1 N–H and O–H groups in total. The number of piperidine rings is 1. The fourth-order valence-electron chi connectivity index (χ4n) is 5.26. The molecule has 4 aromatic rings. The van der Waals surface area contributed by atoms with Crippen molar-refractivity contribution in [2.75, 3.05) is 6.54 Å². The Labute approximate surface area is 174 Å². The molecule has 150 valence electrons. The quantitative estimate of drug-likeness (QED) is 0.558. The molecule has 1 amide bonds.